The Bertz CT molecular complexity index is 1420. The van der Waals surface area contributed by atoms with Crippen molar-refractivity contribution >= 4 is 27.5 Å². The number of hydrogen-bond donors (Lipinski definition) is 1. The van der Waals surface area contributed by atoms with Gasteiger partial charge in [0.2, 0.25) is 11.8 Å². The number of hydrogen-bond acceptors (Lipinski definition) is 4. The van der Waals surface area contributed by atoms with Crippen LogP contribution in [-0.4, -0.2) is 43.8 Å². The normalized spacial score (nSPS) is 12.8. The Morgan fingerprint density at radius 2 is 1.52 bits per heavy atom. The molecule has 7 nitrogen and oxygen atoms in total. The number of nitrogens with zero attached hydrogens (tertiary/aromatic N) is 2. The number of anilines is 1. The minimum atomic E-state index is -4.09. The van der Waals surface area contributed by atoms with E-state index in [9.17, 15) is 18.0 Å². The van der Waals surface area contributed by atoms with Gasteiger partial charge in [-0.25, -0.2) is 8.42 Å². The Morgan fingerprint density at radius 3 is 2.12 bits per heavy atom. The molecule has 214 valence electrons. The first-order chi connectivity index (χ1) is 19.0. The second kappa shape index (κ2) is 13.6. The molecule has 1 N–H and O–H groups in total. The molecule has 3 aromatic rings. The molecular formula is C32H41N3O4S. The van der Waals surface area contributed by atoms with Crippen molar-refractivity contribution in [3.05, 3.63) is 95.1 Å². The molecule has 0 bridgehead atoms. The zero-order valence-electron chi connectivity index (χ0n) is 24.3. The summed E-state index contributed by atoms with van der Waals surface area (Å²) in [4.78, 5) is 29.1. The number of aryl methyl sites for hydroxylation is 3. The van der Waals surface area contributed by atoms with Crippen molar-refractivity contribution in [2.75, 3.05) is 10.8 Å². The predicted molar refractivity (Wildman–Crippen MR) is 161 cm³/mol. The standard InChI is InChI=1S/C32H41N3O4S/c1-7-26(6)33-32(37)29(8-2)34(21-27-14-11-12-24(4)20-27)31(36)22-35(30-15-10-9-13-25(30)5)40(38,39)28-18-16-23(3)17-19-28/h9-20,26,29H,7-8,21-22H2,1-6H3,(H,33,37)/t26-,29+/m0/s1. The van der Waals surface area contributed by atoms with E-state index in [2.05, 4.69) is 5.32 Å². The van der Waals surface area contributed by atoms with Crippen molar-refractivity contribution in [2.24, 2.45) is 0 Å². The van der Waals surface area contributed by atoms with Crippen LogP contribution in [0.4, 0.5) is 5.69 Å². The number of carbonyl (C=O) groups is 2. The van der Waals surface area contributed by atoms with Crippen LogP contribution >= 0.6 is 0 Å². The third kappa shape index (κ3) is 7.50. The number of para-hydroxylation sites is 1. The van der Waals surface area contributed by atoms with Gasteiger partial charge in [-0.05, 0) is 69.9 Å². The van der Waals surface area contributed by atoms with E-state index in [4.69, 9.17) is 0 Å². The largest absolute Gasteiger partial charge is 0.352 e. The van der Waals surface area contributed by atoms with Crippen molar-refractivity contribution in [1.29, 1.82) is 0 Å². The fraction of sp³-hybridized carbons (Fsp3) is 0.375. The molecule has 2 atom stereocenters. The maximum atomic E-state index is 14.2. The molecule has 0 radical (unpaired) electrons. The van der Waals surface area contributed by atoms with Crippen molar-refractivity contribution in [2.45, 2.75) is 77.9 Å². The summed E-state index contributed by atoms with van der Waals surface area (Å²) in [5.41, 5.74) is 3.97. The van der Waals surface area contributed by atoms with Gasteiger partial charge in [0, 0.05) is 12.6 Å². The molecular weight excluding hydrogens is 522 g/mol. The van der Waals surface area contributed by atoms with E-state index in [1.165, 1.54) is 4.90 Å². The number of nitrogens with one attached hydrogen (secondary N) is 1. The van der Waals surface area contributed by atoms with Gasteiger partial charge in [-0.2, -0.15) is 0 Å². The second-order valence-corrected chi connectivity index (χ2v) is 12.2. The fourth-order valence-corrected chi connectivity index (χ4v) is 6.04. The van der Waals surface area contributed by atoms with Crippen LogP contribution < -0.4 is 9.62 Å². The van der Waals surface area contributed by atoms with E-state index in [1.807, 2.05) is 77.9 Å². The van der Waals surface area contributed by atoms with Crippen molar-refractivity contribution < 1.29 is 18.0 Å². The Morgan fingerprint density at radius 1 is 0.850 bits per heavy atom. The van der Waals surface area contributed by atoms with Gasteiger partial charge in [0.15, 0.2) is 0 Å². The highest BCUT2D eigenvalue weighted by Crippen LogP contribution is 2.28. The van der Waals surface area contributed by atoms with Gasteiger partial charge < -0.3 is 10.2 Å². The molecule has 3 aromatic carbocycles. The van der Waals surface area contributed by atoms with E-state index in [0.29, 0.717) is 12.1 Å². The Balaban J connectivity index is 2.07. The molecule has 0 spiro atoms. The molecule has 0 saturated heterocycles. The van der Waals surface area contributed by atoms with Crippen LogP contribution in [0.1, 0.15) is 55.9 Å². The first-order valence-corrected chi connectivity index (χ1v) is 15.2. The highest BCUT2D eigenvalue weighted by atomic mass is 32.2. The molecule has 0 aromatic heterocycles. The molecule has 0 unspecified atom stereocenters. The maximum Gasteiger partial charge on any atom is 0.264 e. The third-order valence-electron chi connectivity index (χ3n) is 7.09. The Labute approximate surface area is 239 Å². The van der Waals surface area contributed by atoms with Crippen molar-refractivity contribution in [3.8, 4) is 0 Å². The second-order valence-electron chi connectivity index (χ2n) is 10.4. The summed E-state index contributed by atoms with van der Waals surface area (Å²) < 4.78 is 29.1. The average Bonchev–Trinajstić information content (AvgIpc) is 2.92. The summed E-state index contributed by atoms with van der Waals surface area (Å²) in [6.45, 7) is 11.2. The van der Waals surface area contributed by atoms with Crippen molar-refractivity contribution in [1.82, 2.24) is 10.2 Å². The molecule has 2 amide bonds. The van der Waals surface area contributed by atoms with Crippen LogP contribution in [-0.2, 0) is 26.2 Å². The topological polar surface area (TPSA) is 86.8 Å². The quantitative estimate of drug-likeness (QED) is 0.314. The SMILES string of the molecule is CC[C@H](C(=O)N[C@@H](C)CC)N(Cc1cccc(C)c1)C(=O)CN(c1ccccc1C)S(=O)(=O)c1ccc(C)cc1. The first kappa shape index (κ1) is 30.9. The van der Waals surface area contributed by atoms with E-state index < -0.39 is 28.5 Å². The van der Waals surface area contributed by atoms with Gasteiger partial charge in [-0.15, -0.1) is 0 Å². The lowest BCUT2D eigenvalue weighted by molar-refractivity contribution is -0.140. The molecule has 3 rings (SSSR count). The zero-order chi connectivity index (χ0) is 29.4. The average molecular weight is 564 g/mol. The lowest BCUT2D eigenvalue weighted by Gasteiger charge is -2.34. The van der Waals surface area contributed by atoms with Crippen LogP contribution in [0.2, 0.25) is 0 Å². The summed E-state index contributed by atoms with van der Waals surface area (Å²) >= 11 is 0. The first-order valence-electron chi connectivity index (χ1n) is 13.8. The van der Waals surface area contributed by atoms with E-state index in [0.717, 1.165) is 33.0 Å². The molecule has 0 fully saturated rings. The lowest BCUT2D eigenvalue weighted by Crippen LogP contribution is -2.53. The Hall–Kier alpha value is -3.65. The van der Waals surface area contributed by atoms with Gasteiger partial charge >= 0.3 is 0 Å². The molecule has 0 heterocycles. The summed E-state index contributed by atoms with van der Waals surface area (Å²) in [5, 5.41) is 3.00. The fourth-order valence-electron chi connectivity index (χ4n) is 4.56. The predicted octanol–water partition coefficient (Wildman–Crippen LogP) is 5.53. The number of benzene rings is 3. The van der Waals surface area contributed by atoms with Gasteiger partial charge in [-0.3, -0.25) is 13.9 Å². The van der Waals surface area contributed by atoms with Crippen LogP contribution in [0, 0.1) is 20.8 Å². The van der Waals surface area contributed by atoms with E-state index >= 15 is 0 Å². The lowest BCUT2D eigenvalue weighted by atomic mass is 10.1. The molecule has 0 aliphatic heterocycles. The van der Waals surface area contributed by atoms with Crippen LogP contribution in [0.15, 0.2) is 77.7 Å². The maximum absolute atomic E-state index is 14.2. The van der Waals surface area contributed by atoms with Crippen LogP contribution in [0.5, 0.6) is 0 Å². The smallest absolute Gasteiger partial charge is 0.264 e. The number of rotatable bonds is 12. The van der Waals surface area contributed by atoms with E-state index in [-0.39, 0.29) is 23.4 Å². The van der Waals surface area contributed by atoms with Crippen molar-refractivity contribution in [3.63, 3.8) is 0 Å². The zero-order valence-corrected chi connectivity index (χ0v) is 25.2. The summed E-state index contributed by atoms with van der Waals surface area (Å²) in [5.74, 6) is -0.701. The number of carbonyl (C=O) groups excluding carboxylic acids is 2. The number of sulfonamides is 1. The molecule has 0 aliphatic rings. The molecule has 40 heavy (non-hydrogen) atoms. The summed E-state index contributed by atoms with van der Waals surface area (Å²) in [6.07, 6.45) is 1.14. The van der Waals surface area contributed by atoms with Gasteiger partial charge in [0.25, 0.3) is 10.0 Å². The highest BCUT2D eigenvalue weighted by molar-refractivity contribution is 7.92. The van der Waals surface area contributed by atoms with Gasteiger partial charge in [0.05, 0.1) is 10.6 Å². The van der Waals surface area contributed by atoms with Gasteiger partial charge in [-0.1, -0.05) is 79.6 Å². The molecule has 8 heteroatoms. The third-order valence-corrected chi connectivity index (χ3v) is 8.87. The monoisotopic (exact) mass is 563 g/mol. The van der Waals surface area contributed by atoms with Crippen LogP contribution in [0.25, 0.3) is 0 Å². The minimum Gasteiger partial charge on any atom is -0.352 e. The molecule has 0 aliphatic carbocycles. The van der Waals surface area contributed by atoms with Crippen LogP contribution in [0.3, 0.4) is 0 Å². The Kier molecular flexibility index (Phi) is 10.5. The highest BCUT2D eigenvalue weighted by Gasteiger charge is 2.34. The van der Waals surface area contributed by atoms with Gasteiger partial charge in [0.1, 0.15) is 12.6 Å². The summed E-state index contributed by atoms with van der Waals surface area (Å²) in [7, 11) is -4.09. The molecule has 0 saturated carbocycles. The van der Waals surface area contributed by atoms with E-state index in [1.54, 1.807) is 36.4 Å². The number of amides is 2. The summed E-state index contributed by atoms with van der Waals surface area (Å²) in [6, 6.07) is 20.6. The minimum absolute atomic E-state index is 0.0529.